The molecule has 2 N–H and O–H groups in total. The minimum Gasteiger partial charge on any atom is -0.377 e. The summed E-state index contributed by atoms with van der Waals surface area (Å²) in [6.45, 7) is 4.95. The molecular weight excluding hydrogens is 466 g/mol. The second-order valence-corrected chi connectivity index (χ2v) is 11.9. The Kier molecular flexibility index (Phi) is 6.82. The summed E-state index contributed by atoms with van der Waals surface area (Å²) in [7, 11) is -1.18. The zero-order chi connectivity index (χ0) is 24.6. The van der Waals surface area contributed by atoms with Crippen LogP contribution in [-0.4, -0.2) is 77.0 Å². The van der Waals surface area contributed by atoms with Gasteiger partial charge in [-0.3, -0.25) is 5.10 Å². The molecule has 0 spiro atoms. The van der Waals surface area contributed by atoms with E-state index in [2.05, 4.69) is 26.5 Å². The average molecular weight is 502 g/mol. The van der Waals surface area contributed by atoms with E-state index in [0.29, 0.717) is 30.8 Å². The van der Waals surface area contributed by atoms with E-state index in [1.165, 1.54) is 0 Å². The van der Waals surface area contributed by atoms with Crippen molar-refractivity contribution in [3.05, 3.63) is 29.6 Å². The van der Waals surface area contributed by atoms with Crippen LogP contribution in [0.1, 0.15) is 56.8 Å². The molecule has 3 aliphatic heterocycles. The molecule has 2 fully saturated rings. The average Bonchev–Trinajstić information content (AvgIpc) is 3.27. The third-order valence-electron chi connectivity index (χ3n) is 7.40. The molecule has 0 unspecified atom stereocenters. The van der Waals surface area contributed by atoms with Gasteiger partial charge in [-0.25, -0.2) is 13.4 Å². The second-order valence-electron chi connectivity index (χ2n) is 9.76. The highest BCUT2D eigenvalue weighted by Crippen LogP contribution is 2.38. The minimum atomic E-state index is -3.21. The van der Waals surface area contributed by atoms with Crippen LogP contribution in [0.3, 0.4) is 0 Å². The Morgan fingerprint density at radius 1 is 1.20 bits per heavy atom. The number of fused-ring (bicyclic) bond motifs is 2. The summed E-state index contributed by atoms with van der Waals surface area (Å²) in [6.07, 6.45) is 7.38. The van der Waals surface area contributed by atoms with Gasteiger partial charge in [0, 0.05) is 43.0 Å². The number of aryl methyl sites for hydroxylation is 1. The first-order chi connectivity index (χ1) is 16.8. The van der Waals surface area contributed by atoms with Gasteiger partial charge < -0.3 is 15.0 Å². The van der Waals surface area contributed by atoms with Gasteiger partial charge in [0.05, 0.1) is 24.7 Å². The van der Waals surface area contributed by atoms with Crippen molar-refractivity contribution in [1.29, 1.82) is 0 Å². The summed E-state index contributed by atoms with van der Waals surface area (Å²) in [5.41, 5.74) is 2.99. The minimum absolute atomic E-state index is 0.0471. The number of piperidine rings is 2. The Morgan fingerprint density at radius 2 is 1.97 bits per heavy atom. The number of sulfonamides is 1. The van der Waals surface area contributed by atoms with Crippen LogP contribution in [0, 0.1) is 6.92 Å². The van der Waals surface area contributed by atoms with Gasteiger partial charge in [-0.15, -0.1) is 0 Å². The molecule has 2 saturated heterocycles. The lowest BCUT2D eigenvalue weighted by Gasteiger charge is -2.49. The number of rotatable bonds is 7. The molecule has 3 aliphatic rings. The third kappa shape index (κ3) is 5.07. The fourth-order valence-electron chi connectivity index (χ4n) is 5.59. The fraction of sp³-hybridized carbons (Fsp3) is 0.625. The van der Waals surface area contributed by atoms with Crippen molar-refractivity contribution in [2.45, 2.75) is 70.5 Å². The molecule has 0 aliphatic carbocycles. The molecule has 2 aromatic rings. The number of ether oxygens (including phenoxy) is 1. The monoisotopic (exact) mass is 501 g/mol. The van der Waals surface area contributed by atoms with Gasteiger partial charge in [-0.1, -0.05) is 12.5 Å². The maximum absolute atomic E-state index is 12.8. The molecule has 5 rings (SSSR count). The van der Waals surface area contributed by atoms with E-state index in [1.807, 2.05) is 30.4 Å². The fourth-order valence-corrected chi connectivity index (χ4v) is 7.18. The van der Waals surface area contributed by atoms with Crippen LogP contribution in [-0.2, 0) is 14.8 Å². The van der Waals surface area contributed by atoms with E-state index in [0.717, 1.165) is 55.5 Å². The van der Waals surface area contributed by atoms with E-state index < -0.39 is 10.0 Å². The van der Waals surface area contributed by atoms with Gasteiger partial charge in [0.2, 0.25) is 16.0 Å². The lowest BCUT2D eigenvalue weighted by atomic mass is 9.83. The molecule has 0 aromatic carbocycles. The first-order valence-corrected chi connectivity index (χ1v) is 14.1. The Morgan fingerprint density at radius 3 is 2.60 bits per heavy atom. The summed E-state index contributed by atoms with van der Waals surface area (Å²) < 4.78 is 32.9. The van der Waals surface area contributed by atoms with Gasteiger partial charge >= 0.3 is 0 Å². The zero-order valence-corrected chi connectivity index (χ0v) is 21.5. The molecule has 190 valence electrons. The third-order valence-corrected chi connectivity index (χ3v) is 9.37. The van der Waals surface area contributed by atoms with Crippen molar-refractivity contribution in [2.75, 3.05) is 36.2 Å². The van der Waals surface area contributed by atoms with Gasteiger partial charge in [-0.05, 0) is 51.5 Å². The molecule has 35 heavy (non-hydrogen) atoms. The smallest absolute Gasteiger partial charge is 0.227 e. The van der Waals surface area contributed by atoms with Crippen LogP contribution in [0.15, 0.2) is 18.2 Å². The number of anilines is 3. The quantitative estimate of drug-likeness (QED) is 0.594. The summed E-state index contributed by atoms with van der Waals surface area (Å²) in [5.74, 6) is 2.18. The summed E-state index contributed by atoms with van der Waals surface area (Å²) in [4.78, 5) is 11.9. The predicted octanol–water partition coefficient (Wildman–Crippen LogP) is 3.23. The lowest BCUT2D eigenvalue weighted by Crippen LogP contribution is -2.58. The highest BCUT2D eigenvalue weighted by Gasteiger charge is 2.45. The molecule has 2 bridgehead atoms. The van der Waals surface area contributed by atoms with E-state index in [-0.39, 0.29) is 23.9 Å². The van der Waals surface area contributed by atoms with E-state index in [9.17, 15) is 8.42 Å². The maximum Gasteiger partial charge on any atom is 0.227 e. The van der Waals surface area contributed by atoms with Gasteiger partial charge in [0.1, 0.15) is 5.82 Å². The van der Waals surface area contributed by atoms with Crippen molar-refractivity contribution < 1.29 is 13.2 Å². The number of aromatic amines is 1. The maximum atomic E-state index is 12.8. The highest BCUT2D eigenvalue weighted by atomic mass is 32.2. The van der Waals surface area contributed by atoms with Crippen molar-refractivity contribution >= 4 is 33.2 Å². The van der Waals surface area contributed by atoms with Gasteiger partial charge in [0.25, 0.3) is 0 Å². The predicted molar refractivity (Wildman–Crippen MR) is 136 cm³/mol. The zero-order valence-electron chi connectivity index (χ0n) is 20.7. The number of hydrogen-bond donors (Lipinski definition) is 2. The molecule has 2 aromatic heterocycles. The normalized spacial score (nSPS) is 25.2. The number of hydrogen-bond acceptors (Lipinski definition) is 8. The molecule has 3 atom stereocenters. The molecule has 0 saturated carbocycles. The Bertz CT molecular complexity index is 1180. The van der Waals surface area contributed by atoms with Crippen molar-refractivity contribution in [2.24, 2.45) is 0 Å². The molecular formula is C24H35N7O3S. The molecule has 10 nitrogen and oxygen atoms in total. The lowest BCUT2D eigenvalue weighted by molar-refractivity contribution is 0.109. The highest BCUT2D eigenvalue weighted by molar-refractivity contribution is 7.89. The van der Waals surface area contributed by atoms with Crippen LogP contribution in [0.4, 0.5) is 17.6 Å². The molecule has 5 heterocycles. The second kappa shape index (κ2) is 9.87. The number of nitrogens with zero attached hydrogens (tertiary/aromatic N) is 5. The topological polar surface area (TPSA) is 116 Å². The van der Waals surface area contributed by atoms with Crippen LogP contribution >= 0.6 is 0 Å². The largest absolute Gasteiger partial charge is 0.377 e. The number of nitrogens with one attached hydrogen (secondary N) is 2. The van der Waals surface area contributed by atoms with Crippen molar-refractivity contribution in [3.8, 4) is 0 Å². The molecule has 0 amide bonds. The summed E-state index contributed by atoms with van der Waals surface area (Å²) in [5, 5.41) is 10.6. The SMILES string of the molecule is CCS(=O)(=O)N1[C@@H]2CCC[C@H]1C[C@@H](N(C)c1nc(Nc3cc(C)[nH]n3)cc(C3=CCOCC3)n1)C2. The standard InChI is InChI=1S/C24H35N7O3S/c1-4-35(32,33)31-18-6-5-7-19(31)14-20(13-18)30(3)24-25-21(17-8-10-34-11-9-17)15-22(27-24)26-23-12-16(2)28-29-23/h8,12,15,18-20H,4-7,9-11,13-14H2,1-3H3,(H2,25,26,27,28,29)/t18-,19+,20+. The van der Waals surface area contributed by atoms with E-state index in [1.54, 1.807) is 6.92 Å². The van der Waals surface area contributed by atoms with E-state index >= 15 is 0 Å². The van der Waals surface area contributed by atoms with Crippen molar-refractivity contribution in [1.82, 2.24) is 24.5 Å². The summed E-state index contributed by atoms with van der Waals surface area (Å²) in [6, 6.07) is 4.16. The Balaban J connectivity index is 1.44. The van der Waals surface area contributed by atoms with Gasteiger partial charge in [0.15, 0.2) is 5.82 Å². The van der Waals surface area contributed by atoms with Gasteiger partial charge in [-0.2, -0.15) is 14.4 Å². The van der Waals surface area contributed by atoms with Crippen LogP contribution in [0.5, 0.6) is 0 Å². The Hall–Kier alpha value is -2.50. The van der Waals surface area contributed by atoms with Crippen LogP contribution < -0.4 is 10.2 Å². The van der Waals surface area contributed by atoms with Crippen LogP contribution in [0.2, 0.25) is 0 Å². The molecule has 0 radical (unpaired) electrons. The Labute approximate surface area is 207 Å². The van der Waals surface area contributed by atoms with Crippen LogP contribution in [0.25, 0.3) is 5.57 Å². The number of aromatic nitrogens is 4. The van der Waals surface area contributed by atoms with Crippen molar-refractivity contribution in [3.63, 3.8) is 0 Å². The first-order valence-electron chi connectivity index (χ1n) is 12.5. The first kappa shape index (κ1) is 24.2. The molecule has 11 heteroatoms. The number of H-pyrrole nitrogens is 1. The summed E-state index contributed by atoms with van der Waals surface area (Å²) >= 11 is 0. The van der Waals surface area contributed by atoms with E-state index in [4.69, 9.17) is 14.7 Å².